The molecule has 5 nitrogen and oxygen atoms in total. The number of aromatic nitrogens is 1. The molecule has 1 aromatic heterocycles. The molecule has 0 aromatic carbocycles. The summed E-state index contributed by atoms with van der Waals surface area (Å²) in [6, 6.07) is 4.29. The number of hydrogen-bond acceptors (Lipinski definition) is 3. The lowest BCUT2D eigenvalue weighted by atomic mass is 10.0. The van der Waals surface area contributed by atoms with Crippen molar-refractivity contribution in [2.75, 3.05) is 26.2 Å². The van der Waals surface area contributed by atoms with Crippen LogP contribution in [0.3, 0.4) is 0 Å². The summed E-state index contributed by atoms with van der Waals surface area (Å²) < 4.78 is 2.15. The van der Waals surface area contributed by atoms with E-state index in [0.29, 0.717) is 6.04 Å². The first-order chi connectivity index (χ1) is 10.3. The maximum Gasteiger partial charge on any atom is 0.270 e. The number of aliphatic hydroxyl groups excluding tert-OH is 1. The van der Waals surface area contributed by atoms with Crippen molar-refractivity contribution in [3.8, 4) is 0 Å². The van der Waals surface area contributed by atoms with Gasteiger partial charge in [0.15, 0.2) is 0 Å². The van der Waals surface area contributed by atoms with Gasteiger partial charge in [-0.1, -0.05) is 0 Å². The normalized spacial score (nSPS) is 24.2. The van der Waals surface area contributed by atoms with Crippen LogP contribution in [-0.2, 0) is 0 Å². The second kappa shape index (κ2) is 6.62. The highest BCUT2D eigenvalue weighted by atomic mass is 16.3. The number of carbonyl (C=O) groups is 1. The molecule has 1 unspecified atom stereocenters. The Balaban J connectivity index is 1.79. The highest BCUT2D eigenvalue weighted by molar-refractivity contribution is 5.93. The molecule has 2 aliphatic heterocycles. The molecule has 1 atom stereocenters. The van der Waals surface area contributed by atoms with Gasteiger partial charge >= 0.3 is 0 Å². The summed E-state index contributed by atoms with van der Waals surface area (Å²) in [6.45, 7) is 2.86. The fourth-order valence-electron chi connectivity index (χ4n) is 3.58. The average Bonchev–Trinajstić information content (AvgIpc) is 3.04. The Hall–Kier alpha value is -1.33. The number of aliphatic hydroxyl groups is 1. The molecule has 2 fully saturated rings. The Morgan fingerprint density at radius 2 is 2.10 bits per heavy atom. The van der Waals surface area contributed by atoms with E-state index >= 15 is 0 Å². The van der Waals surface area contributed by atoms with Crippen molar-refractivity contribution in [3.05, 3.63) is 24.0 Å². The monoisotopic (exact) mass is 291 g/mol. The van der Waals surface area contributed by atoms with Crippen LogP contribution in [0.4, 0.5) is 0 Å². The Bertz CT molecular complexity index is 480. The van der Waals surface area contributed by atoms with Gasteiger partial charge in [-0.2, -0.15) is 0 Å². The van der Waals surface area contributed by atoms with E-state index in [1.54, 1.807) is 0 Å². The molecule has 2 saturated heterocycles. The van der Waals surface area contributed by atoms with Gasteiger partial charge < -0.3 is 19.9 Å². The van der Waals surface area contributed by atoms with E-state index in [0.717, 1.165) is 57.4 Å². The van der Waals surface area contributed by atoms with Gasteiger partial charge in [0.05, 0.1) is 12.6 Å². The van der Waals surface area contributed by atoms with Crippen LogP contribution in [-0.4, -0.2) is 52.8 Å². The van der Waals surface area contributed by atoms with E-state index in [9.17, 15) is 9.90 Å². The third-order valence-electron chi connectivity index (χ3n) is 4.80. The molecule has 0 radical (unpaired) electrons. The topological polar surface area (TPSA) is 57.5 Å². The Morgan fingerprint density at radius 1 is 1.29 bits per heavy atom. The summed E-state index contributed by atoms with van der Waals surface area (Å²) in [5.74, 6) is 0.0808. The molecule has 3 heterocycles. The van der Waals surface area contributed by atoms with Gasteiger partial charge in [-0.15, -0.1) is 0 Å². The van der Waals surface area contributed by atoms with Crippen molar-refractivity contribution in [3.63, 3.8) is 0 Å². The minimum absolute atomic E-state index is 0.0115. The quantitative estimate of drug-likeness (QED) is 0.885. The first-order valence-corrected chi connectivity index (χ1v) is 8.10. The maximum atomic E-state index is 12.9. The smallest absolute Gasteiger partial charge is 0.270 e. The van der Waals surface area contributed by atoms with Crippen molar-refractivity contribution in [1.82, 2.24) is 14.8 Å². The molecule has 2 N–H and O–H groups in total. The highest BCUT2D eigenvalue weighted by Gasteiger charge is 2.29. The van der Waals surface area contributed by atoms with Crippen LogP contribution in [0.25, 0.3) is 0 Å². The summed E-state index contributed by atoms with van der Waals surface area (Å²) in [5, 5.41) is 12.9. The molecule has 0 saturated carbocycles. The standard InChI is InChI=1S/C16H25N3O2/c20-12-14-4-1-2-10-19(14)16(21)15-5-3-11-18(15)13-6-8-17-9-7-13/h3,5,11,13-14,17,20H,1-2,4,6-10,12H2. The van der Waals surface area contributed by atoms with Crippen molar-refractivity contribution in [2.24, 2.45) is 0 Å². The molecule has 5 heteroatoms. The molecular weight excluding hydrogens is 266 g/mol. The van der Waals surface area contributed by atoms with E-state index < -0.39 is 0 Å². The zero-order valence-corrected chi connectivity index (χ0v) is 12.5. The largest absolute Gasteiger partial charge is 0.394 e. The number of likely N-dealkylation sites (tertiary alicyclic amines) is 1. The lowest BCUT2D eigenvalue weighted by Gasteiger charge is -2.35. The van der Waals surface area contributed by atoms with Gasteiger partial charge in [0.1, 0.15) is 5.69 Å². The van der Waals surface area contributed by atoms with E-state index in [2.05, 4.69) is 9.88 Å². The van der Waals surface area contributed by atoms with E-state index in [1.807, 2.05) is 23.2 Å². The number of nitrogens with one attached hydrogen (secondary N) is 1. The number of carbonyl (C=O) groups excluding carboxylic acids is 1. The van der Waals surface area contributed by atoms with Gasteiger partial charge in [-0.05, 0) is 57.3 Å². The predicted octanol–water partition coefficient (Wildman–Crippen LogP) is 1.40. The summed E-state index contributed by atoms with van der Waals surface area (Å²) in [6.07, 6.45) is 7.22. The summed E-state index contributed by atoms with van der Waals surface area (Å²) in [5.41, 5.74) is 0.780. The molecule has 0 spiro atoms. The third-order valence-corrected chi connectivity index (χ3v) is 4.80. The van der Waals surface area contributed by atoms with Crippen molar-refractivity contribution in [2.45, 2.75) is 44.2 Å². The van der Waals surface area contributed by atoms with Crippen molar-refractivity contribution in [1.29, 1.82) is 0 Å². The van der Waals surface area contributed by atoms with Crippen LogP contribution >= 0.6 is 0 Å². The Kier molecular flexibility index (Phi) is 4.60. The zero-order valence-electron chi connectivity index (χ0n) is 12.5. The van der Waals surface area contributed by atoms with Gasteiger partial charge in [-0.25, -0.2) is 0 Å². The Labute approximate surface area is 125 Å². The summed E-state index contributed by atoms with van der Waals surface area (Å²) in [4.78, 5) is 14.7. The van der Waals surface area contributed by atoms with Crippen LogP contribution in [0.5, 0.6) is 0 Å². The second-order valence-electron chi connectivity index (χ2n) is 6.11. The highest BCUT2D eigenvalue weighted by Crippen LogP contribution is 2.24. The van der Waals surface area contributed by atoms with Crippen LogP contribution in [0.2, 0.25) is 0 Å². The molecular formula is C16H25N3O2. The van der Waals surface area contributed by atoms with Gasteiger partial charge in [0.25, 0.3) is 5.91 Å². The molecule has 2 aliphatic rings. The molecule has 0 aliphatic carbocycles. The fraction of sp³-hybridized carbons (Fsp3) is 0.688. The van der Waals surface area contributed by atoms with Gasteiger partial charge in [-0.3, -0.25) is 4.79 Å². The van der Waals surface area contributed by atoms with E-state index in [-0.39, 0.29) is 18.6 Å². The van der Waals surface area contributed by atoms with Crippen LogP contribution < -0.4 is 5.32 Å². The van der Waals surface area contributed by atoms with Crippen molar-refractivity contribution < 1.29 is 9.90 Å². The van der Waals surface area contributed by atoms with Crippen molar-refractivity contribution >= 4 is 5.91 Å². The number of hydrogen-bond donors (Lipinski definition) is 2. The lowest BCUT2D eigenvalue weighted by molar-refractivity contribution is 0.0489. The third kappa shape index (κ3) is 2.99. The Morgan fingerprint density at radius 3 is 2.86 bits per heavy atom. The average molecular weight is 291 g/mol. The number of rotatable bonds is 3. The summed E-state index contributed by atoms with van der Waals surface area (Å²) in [7, 11) is 0. The van der Waals surface area contributed by atoms with E-state index in [1.165, 1.54) is 0 Å². The van der Waals surface area contributed by atoms with E-state index in [4.69, 9.17) is 0 Å². The van der Waals surface area contributed by atoms with Crippen LogP contribution in [0.1, 0.15) is 48.6 Å². The molecule has 1 amide bonds. The number of piperidine rings is 2. The minimum Gasteiger partial charge on any atom is -0.394 e. The van der Waals surface area contributed by atoms with Crippen LogP contribution in [0, 0.1) is 0 Å². The lowest BCUT2D eigenvalue weighted by Crippen LogP contribution is -2.46. The fourth-order valence-corrected chi connectivity index (χ4v) is 3.58. The molecule has 3 rings (SSSR count). The van der Waals surface area contributed by atoms with Gasteiger partial charge in [0.2, 0.25) is 0 Å². The van der Waals surface area contributed by atoms with Crippen LogP contribution in [0.15, 0.2) is 18.3 Å². The predicted molar refractivity (Wildman–Crippen MR) is 81.3 cm³/mol. The van der Waals surface area contributed by atoms with Gasteiger partial charge in [0, 0.05) is 18.8 Å². The number of nitrogens with zero attached hydrogens (tertiary/aromatic N) is 2. The molecule has 116 valence electrons. The maximum absolute atomic E-state index is 12.9. The second-order valence-corrected chi connectivity index (χ2v) is 6.11. The summed E-state index contributed by atoms with van der Waals surface area (Å²) >= 11 is 0. The SMILES string of the molecule is O=C(c1cccn1C1CCNCC1)N1CCCCC1CO. The first kappa shape index (κ1) is 14.6. The molecule has 0 bridgehead atoms. The number of amides is 1. The molecule has 21 heavy (non-hydrogen) atoms. The zero-order chi connectivity index (χ0) is 14.7. The minimum atomic E-state index is -0.0115. The first-order valence-electron chi connectivity index (χ1n) is 8.10. The molecule has 1 aromatic rings.